The Labute approximate surface area is 111 Å². The van der Waals surface area contributed by atoms with Crippen molar-refractivity contribution in [2.75, 3.05) is 0 Å². The van der Waals surface area contributed by atoms with Crippen molar-refractivity contribution in [1.82, 2.24) is 20.6 Å². The third-order valence-corrected chi connectivity index (χ3v) is 2.90. The lowest BCUT2D eigenvalue weighted by molar-refractivity contribution is -0.139. The SMILES string of the molecule is CCC(CC)NC(=O)N[C@H](Cc1cnc[nH]1)C(=O)O. The van der Waals surface area contributed by atoms with E-state index in [1.54, 1.807) is 0 Å². The largest absolute Gasteiger partial charge is 0.480 e. The number of urea groups is 1. The second kappa shape index (κ2) is 7.40. The fourth-order valence-corrected chi connectivity index (χ4v) is 1.69. The molecule has 106 valence electrons. The van der Waals surface area contributed by atoms with Crippen molar-refractivity contribution < 1.29 is 14.7 Å². The number of aliphatic carboxylic acids is 1. The second-order valence-electron chi connectivity index (χ2n) is 4.30. The molecular formula is C12H20N4O3. The first-order valence-electron chi connectivity index (χ1n) is 6.33. The summed E-state index contributed by atoms with van der Waals surface area (Å²) in [6.45, 7) is 3.93. The lowest BCUT2D eigenvalue weighted by Gasteiger charge is -2.18. The molecule has 0 unspecified atom stereocenters. The van der Waals surface area contributed by atoms with Gasteiger partial charge in [0.2, 0.25) is 0 Å². The summed E-state index contributed by atoms with van der Waals surface area (Å²) in [7, 11) is 0. The topological polar surface area (TPSA) is 107 Å². The molecule has 0 aromatic carbocycles. The number of aromatic amines is 1. The van der Waals surface area contributed by atoms with Gasteiger partial charge in [-0.25, -0.2) is 14.6 Å². The van der Waals surface area contributed by atoms with Crippen molar-refractivity contribution in [3.63, 3.8) is 0 Å². The van der Waals surface area contributed by atoms with Gasteiger partial charge < -0.3 is 20.7 Å². The summed E-state index contributed by atoms with van der Waals surface area (Å²) in [5.74, 6) is -1.07. The van der Waals surface area contributed by atoms with Crippen molar-refractivity contribution in [2.45, 2.75) is 45.2 Å². The number of amides is 2. The number of rotatable bonds is 7. The number of carboxylic acid groups (broad SMARTS) is 1. The summed E-state index contributed by atoms with van der Waals surface area (Å²) in [6.07, 6.45) is 4.80. The normalized spacial score (nSPS) is 12.2. The van der Waals surface area contributed by atoms with Crippen molar-refractivity contribution >= 4 is 12.0 Å². The smallest absolute Gasteiger partial charge is 0.326 e. The lowest BCUT2D eigenvalue weighted by Crippen LogP contribution is -2.49. The lowest BCUT2D eigenvalue weighted by atomic mass is 10.1. The van der Waals surface area contributed by atoms with Crippen LogP contribution in [0, 0.1) is 0 Å². The predicted octanol–water partition coefficient (Wildman–Crippen LogP) is 0.893. The van der Waals surface area contributed by atoms with Crippen LogP contribution >= 0.6 is 0 Å². The second-order valence-corrected chi connectivity index (χ2v) is 4.30. The Morgan fingerprint density at radius 1 is 1.37 bits per heavy atom. The number of hydrogen-bond acceptors (Lipinski definition) is 3. The number of aromatic nitrogens is 2. The molecule has 1 heterocycles. The van der Waals surface area contributed by atoms with Crippen LogP contribution in [0.3, 0.4) is 0 Å². The molecular weight excluding hydrogens is 248 g/mol. The third-order valence-electron chi connectivity index (χ3n) is 2.90. The zero-order chi connectivity index (χ0) is 14.3. The fraction of sp³-hybridized carbons (Fsp3) is 0.583. The average molecular weight is 268 g/mol. The summed E-state index contributed by atoms with van der Waals surface area (Å²) in [5.41, 5.74) is 0.662. The van der Waals surface area contributed by atoms with E-state index >= 15 is 0 Å². The van der Waals surface area contributed by atoms with Gasteiger partial charge >= 0.3 is 12.0 Å². The monoisotopic (exact) mass is 268 g/mol. The minimum absolute atomic E-state index is 0.0570. The highest BCUT2D eigenvalue weighted by Gasteiger charge is 2.21. The molecule has 7 heteroatoms. The number of imidazole rings is 1. The summed E-state index contributed by atoms with van der Waals surface area (Å²) < 4.78 is 0. The highest BCUT2D eigenvalue weighted by Crippen LogP contribution is 2.00. The Morgan fingerprint density at radius 2 is 2.05 bits per heavy atom. The van der Waals surface area contributed by atoms with Gasteiger partial charge in [-0.05, 0) is 12.8 Å². The van der Waals surface area contributed by atoms with Gasteiger partial charge in [-0.1, -0.05) is 13.8 Å². The van der Waals surface area contributed by atoms with Crippen LogP contribution in [-0.4, -0.2) is 39.2 Å². The molecule has 4 N–H and O–H groups in total. The van der Waals surface area contributed by atoms with E-state index in [2.05, 4.69) is 20.6 Å². The molecule has 2 amide bonds. The molecule has 1 aromatic heterocycles. The van der Waals surface area contributed by atoms with Crippen molar-refractivity contribution in [2.24, 2.45) is 0 Å². The standard InChI is InChI=1S/C12H20N4O3/c1-3-8(4-2)15-12(19)16-10(11(17)18)5-9-6-13-7-14-9/h6-8,10H,3-5H2,1-2H3,(H,13,14)(H,17,18)(H2,15,16,19)/t10-/m1/s1. The number of carboxylic acids is 1. The molecule has 7 nitrogen and oxygen atoms in total. The van der Waals surface area contributed by atoms with Crippen LogP contribution in [0.1, 0.15) is 32.4 Å². The molecule has 0 aliphatic carbocycles. The van der Waals surface area contributed by atoms with E-state index in [4.69, 9.17) is 5.11 Å². The van der Waals surface area contributed by atoms with Crippen LogP contribution < -0.4 is 10.6 Å². The van der Waals surface area contributed by atoms with Gasteiger partial charge in [-0.2, -0.15) is 0 Å². The Bertz CT molecular complexity index is 401. The first-order valence-corrected chi connectivity index (χ1v) is 6.33. The zero-order valence-corrected chi connectivity index (χ0v) is 11.1. The molecule has 0 spiro atoms. The van der Waals surface area contributed by atoms with Crippen molar-refractivity contribution in [1.29, 1.82) is 0 Å². The van der Waals surface area contributed by atoms with Crippen LogP contribution in [0.15, 0.2) is 12.5 Å². The molecule has 19 heavy (non-hydrogen) atoms. The van der Waals surface area contributed by atoms with E-state index in [0.717, 1.165) is 12.8 Å². The van der Waals surface area contributed by atoms with E-state index < -0.39 is 18.0 Å². The fourth-order valence-electron chi connectivity index (χ4n) is 1.69. The average Bonchev–Trinajstić information content (AvgIpc) is 2.87. The zero-order valence-electron chi connectivity index (χ0n) is 11.1. The minimum Gasteiger partial charge on any atom is -0.480 e. The molecule has 0 saturated heterocycles. The maximum Gasteiger partial charge on any atom is 0.326 e. The Morgan fingerprint density at radius 3 is 2.53 bits per heavy atom. The first kappa shape index (κ1) is 15.0. The van der Waals surface area contributed by atoms with Crippen LogP contribution in [0.5, 0.6) is 0 Å². The summed E-state index contributed by atoms with van der Waals surface area (Å²) in [6, 6.07) is -1.38. The highest BCUT2D eigenvalue weighted by molar-refractivity contribution is 5.82. The molecule has 1 aromatic rings. The number of carbonyl (C=O) groups excluding carboxylic acids is 1. The Hall–Kier alpha value is -2.05. The van der Waals surface area contributed by atoms with Crippen molar-refractivity contribution in [3.05, 3.63) is 18.2 Å². The Kier molecular flexibility index (Phi) is 5.84. The quantitative estimate of drug-likeness (QED) is 0.589. The highest BCUT2D eigenvalue weighted by atomic mass is 16.4. The number of nitrogens with one attached hydrogen (secondary N) is 3. The van der Waals surface area contributed by atoms with E-state index in [1.165, 1.54) is 12.5 Å². The van der Waals surface area contributed by atoms with Crippen LogP contribution in [0.2, 0.25) is 0 Å². The third kappa shape index (κ3) is 4.99. The van der Waals surface area contributed by atoms with E-state index in [9.17, 15) is 9.59 Å². The summed E-state index contributed by atoms with van der Waals surface area (Å²) >= 11 is 0. The molecule has 0 aliphatic heterocycles. The summed E-state index contributed by atoms with van der Waals surface area (Å²) in [4.78, 5) is 29.4. The number of nitrogens with zero attached hydrogens (tertiary/aromatic N) is 1. The van der Waals surface area contributed by atoms with Crippen molar-refractivity contribution in [3.8, 4) is 0 Å². The van der Waals surface area contributed by atoms with E-state index in [-0.39, 0.29) is 12.5 Å². The number of hydrogen-bond donors (Lipinski definition) is 4. The van der Waals surface area contributed by atoms with Crippen LogP contribution in [0.4, 0.5) is 4.79 Å². The predicted molar refractivity (Wildman–Crippen MR) is 69.8 cm³/mol. The molecule has 0 saturated carbocycles. The van der Waals surface area contributed by atoms with E-state index in [1.807, 2.05) is 13.8 Å². The van der Waals surface area contributed by atoms with Gasteiger partial charge in [-0.15, -0.1) is 0 Å². The molecule has 1 atom stereocenters. The first-order chi connectivity index (χ1) is 9.06. The van der Waals surface area contributed by atoms with Gasteiger partial charge in [0.05, 0.1) is 6.33 Å². The molecule has 0 radical (unpaired) electrons. The van der Waals surface area contributed by atoms with Crippen LogP contribution in [-0.2, 0) is 11.2 Å². The molecule has 0 bridgehead atoms. The van der Waals surface area contributed by atoms with Gasteiger partial charge in [0.1, 0.15) is 6.04 Å². The molecule has 0 fully saturated rings. The van der Waals surface area contributed by atoms with Gasteiger partial charge in [0.25, 0.3) is 0 Å². The van der Waals surface area contributed by atoms with Gasteiger partial charge in [0, 0.05) is 24.4 Å². The minimum atomic E-state index is -1.07. The maximum atomic E-state index is 11.7. The Balaban J connectivity index is 2.53. The number of carbonyl (C=O) groups is 2. The van der Waals surface area contributed by atoms with Crippen LogP contribution in [0.25, 0.3) is 0 Å². The molecule has 1 rings (SSSR count). The van der Waals surface area contributed by atoms with E-state index in [0.29, 0.717) is 5.69 Å². The molecule has 0 aliphatic rings. The maximum absolute atomic E-state index is 11.7. The van der Waals surface area contributed by atoms with Gasteiger partial charge in [0.15, 0.2) is 0 Å². The summed E-state index contributed by atoms with van der Waals surface area (Å²) in [5, 5.41) is 14.3. The number of H-pyrrole nitrogens is 1. The van der Waals surface area contributed by atoms with Gasteiger partial charge in [-0.3, -0.25) is 0 Å².